The van der Waals surface area contributed by atoms with Crippen molar-refractivity contribution in [3.05, 3.63) is 70.8 Å². The smallest absolute Gasteiger partial charge is 0.164 e. The van der Waals surface area contributed by atoms with E-state index in [4.69, 9.17) is 0 Å². The molecule has 2 aromatic carbocycles. The van der Waals surface area contributed by atoms with Gasteiger partial charge in [-0.3, -0.25) is 9.69 Å². The number of piperazine rings is 1. The van der Waals surface area contributed by atoms with Gasteiger partial charge in [-0.1, -0.05) is 42.5 Å². The molecule has 154 valence electrons. The normalized spacial score (nSPS) is 18.9. The average Bonchev–Trinajstić information content (AvgIpc) is 2.95. The van der Waals surface area contributed by atoms with Gasteiger partial charge in [0.2, 0.25) is 0 Å². The van der Waals surface area contributed by atoms with Gasteiger partial charge in [0, 0.05) is 64.3 Å². The Balaban J connectivity index is 1.24. The maximum absolute atomic E-state index is 12.8. The number of benzene rings is 2. The highest BCUT2D eigenvalue weighted by Crippen LogP contribution is 2.19. The Morgan fingerprint density at radius 2 is 1.52 bits per heavy atom. The number of Topliss-reactive ketones (excluding diaryl/α,β-unsaturated/α-hetero) is 1. The van der Waals surface area contributed by atoms with Crippen LogP contribution < -0.4 is 0 Å². The third-order valence-electron chi connectivity index (χ3n) is 6.42. The van der Waals surface area contributed by atoms with Crippen molar-refractivity contribution in [3.63, 3.8) is 0 Å². The summed E-state index contributed by atoms with van der Waals surface area (Å²) in [5.41, 5.74) is 5.07. The number of fused-ring (bicyclic) bond motifs is 1. The second kappa shape index (κ2) is 9.66. The molecule has 1 saturated heterocycles. The molecule has 2 aliphatic rings. The predicted molar refractivity (Wildman–Crippen MR) is 118 cm³/mol. The van der Waals surface area contributed by atoms with Crippen LogP contribution in [0.3, 0.4) is 0 Å². The van der Waals surface area contributed by atoms with Gasteiger partial charge in [-0.2, -0.15) is 0 Å². The highest BCUT2D eigenvalue weighted by Gasteiger charge is 2.19. The molecule has 0 unspecified atom stereocenters. The average molecular weight is 392 g/mol. The second-order valence-corrected chi connectivity index (χ2v) is 8.56. The van der Waals surface area contributed by atoms with E-state index in [1.54, 1.807) is 0 Å². The molecule has 4 heteroatoms. The lowest BCUT2D eigenvalue weighted by molar-refractivity contribution is 0.0922. The van der Waals surface area contributed by atoms with Crippen molar-refractivity contribution in [3.8, 4) is 0 Å². The molecule has 0 aliphatic carbocycles. The molecule has 0 atom stereocenters. The first kappa shape index (κ1) is 20.3. The fourth-order valence-corrected chi connectivity index (χ4v) is 4.43. The largest absolute Gasteiger partial charge is 0.306 e. The van der Waals surface area contributed by atoms with Crippen LogP contribution in [0.5, 0.6) is 0 Å². The number of hydrogen-bond acceptors (Lipinski definition) is 4. The van der Waals surface area contributed by atoms with Crippen molar-refractivity contribution in [1.82, 2.24) is 14.7 Å². The lowest BCUT2D eigenvalue weighted by Crippen LogP contribution is -2.46. The van der Waals surface area contributed by atoms with E-state index in [1.807, 2.05) is 6.07 Å². The molecule has 0 bridgehead atoms. The first-order valence-corrected chi connectivity index (χ1v) is 11.0. The van der Waals surface area contributed by atoms with Gasteiger partial charge in [0.1, 0.15) is 0 Å². The molecular weight excluding hydrogens is 358 g/mol. The molecular formula is C25H33N3O. The first-order chi connectivity index (χ1) is 14.2. The van der Waals surface area contributed by atoms with E-state index in [0.29, 0.717) is 6.42 Å². The Bertz CT molecular complexity index is 812. The molecule has 1 fully saturated rings. The SMILES string of the molecule is CN1CCc2ccc(C(=O)CCN3CCN(Cc4ccccc4)CC3)cc2CC1. The van der Waals surface area contributed by atoms with Crippen molar-refractivity contribution in [2.45, 2.75) is 25.8 Å². The molecule has 0 amide bonds. The summed E-state index contributed by atoms with van der Waals surface area (Å²) in [6.07, 6.45) is 2.77. The monoisotopic (exact) mass is 391 g/mol. The van der Waals surface area contributed by atoms with E-state index in [1.165, 1.54) is 16.7 Å². The maximum Gasteiger partial charge on any atom is 0.164 e. The summed E-state index contributed by atoms with van der Waals surface area (Å²) in [5.74, 6) is 0.289. The van der Waals surface area contributed by atoms with Crippen LogP contribution in [0.1, 0.15) is 33.5 Å². The van der Waals surface area contributed by atoms with Crippen LogP contribution in [0.4, 0.5) is 0 Å². The zero-order valence-electron chi connectivity index (χ0n) is 17.6. The lowest BCUT2D eigenvalue weighted by atomic mass is 9.97. The molecule has 2 aliphatic heterocycles. The summed E-state index contributed by atoms with van der Waals surface area (Å²) < 4.78 is 0. The second-order valence-electron chi connectivity index (χ2n) is 8.56. The zero-order valence-corrected chi connectivity index (χ0v) is 17.6. The minimum atomic E-state index is 0.289. The van der Waals surface area contributed by atoms with Crippen molar-refractivity contribution >= 4 is 5.78 Å². The Morgan fingerprint density at radius 3 is 2.28 bits per heavy atom. The molecule has 0 N–H and O–H groups in total. The molecule has 29 heavy (non-hydrogen) atoms. The fraction of sp³-hybridized carbons (Fsp3) is 0.480. The topological polar surface area (TPSA) is 26.8 Å². The zero-order chi connectivity index (χ0) is 20.1. The van der Waals surface area contributed by atoms with Crippen LogP contribution in [0, 0.1) is 0 Å². The summed E-state index contributed by atoms with van der Waals surface area (Å²) >= 11 is 0. The minimum absolute atomic E-state index is 0.289. The number of hydrogen-bond donors (Lipinski definition) is 0. The highest BCUT2D eigenvalue weighted by atomic mass is 16.1. The lowest BCUT2D eigenvalue weighted by Gasteiger charge is -2.34. The van der Waals surface area contributed by atoms with E-state index in [9.17, 15) is 4.79 Å². The quantitative estimate of drug-likeness (QED) is 0.707. The first-order valence-electron chi connectivity index (χ1n) is 11.0. The van der Waals surface area contributed by atoms with Crippen molar-refractivity contribution in [2.75, 3.05) is 52.9 Å². The molecule has 4 nitrogen and oxygen atoms in total. The van der Waals surface area contributed by atoms with E-state index in [0.717, 1.165) is 70.8 Å². The third-order valence-corrected chi connectivity index (χ3v) is 6.42. The third kappa shape index (κ3) is 5.53. The standard InChI is InChI=1S/C25H33N3O/c1-26-12-9-22-7-8-24(19-23(22)10-13-26)25(29)11-14-27-15-17-28(18-16-27)20-21-5-3-2-4-6-21/h2-8,19H,9-18,20H2,1H3. The Morgan fingerprint density at radius 1 is 0.828 bits per heavy atom. The predicted octanol–water partition coefficient (Wildman–Crippen LogP) is 3.11. The number of carbonyl (C=O) groups excluding carboxylic acids is 1. The van der Waals surface area contributed by atoms with Crippen molar-refractivity contribution in [1.29, 1.82) is 0 Å². The van der Waals surface area contributed by atoms with E-state index >= 15 is 0 Å². The van der Waals surface area contributed by atoms with Gasteiger partial charge >= 0.3 is 0 Å². The van der Waals surface area contributed by atoms with Gasteiger partial charge in [-0.05, 0) is 42.6 Å². The molecule has 0 saturated carbocycles. The Labute approximate surface area is 175 Å². The van der Waals surface area contributed by atoms with E-state index in [2.05, 4.69) is 64.2 Å². The summed E-state index contributed by atoms with van der Waals surface area (Å²) in [4.78, 5) is 20.1. The minimum Gasteiger partial charge on any atom is -0.306 e. The van der Waals surface area contributed by atoms with Crippen molar-refractivity contribution < 1.29 is 4.79 Å². The molecule has 0 radical (unpaired) electrons. The van der Waals surface area contributed by atoms with Crippen LogP contribution in [0.15, 0.2) is 48.5 Å². The van der Waals surface area contributed by atoms with Crippen LogP contribution in [0.2, 0.25) is 0 Å². The van der Waals surface area contributed by atoms with E-state index in [-0.39, 0.29) is 5.78 Å². The van der Waals surface area contributed by atoms with Gasteiger partial charge in [-0.15, -0.1) is 0 Å². The van der Waals surface area contributed by atoms with E-state index < -0.39 is 0 Å². The number of ketones is 1. The molecule has 2 aromatic rings. The summed E-state index contributed by atoms with van der Waals surface area (Å²) in [7, 11) is 2.18. The van der Waals surface area contributed by atoms with Gasteiger partial charge in [0.05, 0.1) is 0 Å². The van der Waals surface area contributed by atoms with Gasteiger partial charge in [0.25, 0.3) is 0 Å². The summed E-state index contributed by atoms with van der Waals surface area (Å²) in [5, 5.41) is 0. The Hall–Kier alpha value is -2.01. The molecule has 2 heterocycles. The van der Waals surface area contributed by atoms with Gasteiger partial charge in [0.15, 0.2) is 5.78 Å². The Kier molecular flexibility index (Phi) is 6.75. The molecule has 0 spiro atoms. The van der Waals surface area contributed by atoms with Crippen LogP contribution in [-0.2, 0) is 19.4 Å². The maximum atomic E-state index is 12.8. The highest BCUT2D eigenvalue weighted by molar-refractivity contribution is 5.96. The number of carbonyl (C=O) groups is 1. The molecule has 4 rings (SSSR count). The van der Waals surface area contributed by atoms with Crippen LogP contribution in [0.25, 0.3) is 0 Å². The number of rotatable bonds is 6. The summed E-state index contributed by atoms with van der Waals surface area (Å²) in [6.45, 7) is 8.35. The van der Waals surface area contributed by atoms with Crippen molar-refractivity contribution in [2.24, 2.45) is 0 Å². The fourth-order valence-electron chi connectivity index (χ4n) is 4.43. The number of likely N-dealkylation sites (N-methyl/N-ethyl adjacent to an activating group) is 1. The number of nitrogens with zero attached hydrogens (tertiary/aromatic N) is 3. The van der Waals surface area contributed by atoms with Crippen LogP contribution in [-0.4, -0.2) is 73.3 Å². The van der Waals surface area contributed by atoms with Gasteiger partial charge in [-0.25, -0.2) is 0 Å². The van der Waals surface area contributed by atoms with Crippen LogP contribution >= 0.6 is 0 Å². The molecule has 0 aromatic heterocycles. The van der Waals surface area contributed by atoms with Gasteiger partial charge < -0.3 is 9.80 Å². The summed E-state index contributed by atoms with van der Waals surface area (Å²) in [6, 6.07) is 17.1.